The van der Waals surface area contributed by atoms with Gasteiger partial charge in [0.25, 0.3) is 0 Å². The number of carbonyl (C=O) groups is 1. The van der Waals surface area contributed by atoms with Crippen LogP contribution in [0.25, 0.3) is 9.75 Å². The molecule has 0 saturated carbocycles. The van der Waals surface area contributed by atoms with E-state index < -0.39 is 5.97 Å². The van der Waals surface area contributed by atoms with E-state index in [-0.39, 0.29) is 5.41 Å². The number of rotatable bonds is 4. The fourth-order valence-electron chi connectivity index (χ4n) is 4.18. The molecule has 27 heavy (non-hydrogen) atoms. The molecule has 2 aliphatic rings. The minimum Gasteiger partial charge on any atom is -0.478 e. The lowest BCUT2D eigenvalue weighted by molar-refractivity contribution is 0.0696. The third-order valence-electron chi connectivity index (χ3n) is 5.70. The molecule has 1 fully saturated rings. The molecule has 0 spiro atoms. The number of nitrogens with two attached hydrogens (primary N) is 1. The molecule has 0 unspecified atom stereocenters. The summed E-state index contributed by atoms with van der Waals surface area (Å²) < 4.78 is 0. The van der Waals surface area contributed by atoms with Crippen LogP contribution in [-0.4, -0.2) is 29.1 Å². The van der Waals surface area contributed by atoms with E-state index in [1.807, 2.05) is 0 Å². The molecule has 0 radical (unpaired) electrons. The second-order valence-corrected chi connectivity index (χ2v) is 10.5. The Kier molecular flexibility index (Phi) is 5.03. The molecule has 0 bridgehead atoms. The van der Waals surface area contributed by atoms with E-state index in [0.717, 1.165) is 58.5 Å². The summed E-state index contributed by atoms with van der Waals surface area (Å²) in [7, 11) is 0. The van der Waals surface area contributed by atoms with Gasteiger partial charge in [0.05, 0.1) is 21.0 Å². The van der Waals surface area contributed by atoms with Gasteiger partial charge in [-0.1, -0.05) is 25.2 Å². The number of anilines is 1. The minimum absolute atomic E-state index is 0.152. The molecule has 2 aromatic rings. The molecule has 3 N–H and O–H groups in total. The summed E-state index contributed by atoms with van der Waals surface area (Å²) in [4.78, 5) is 22.4. The van der Waals surface area contributed by atoms with Crippen molar-refractivity contribution in [1.29, 1.82) is 0 Å². The molecule has 4 rings (SSSR count). The van der Waals surface area contributed by atoms with Gasteiger partial charge < -0.3 is 15.7 Å². The summed E-state index contributed by atoms with van der Waals surface area (Å²) in [6.45, 7) is 6.85. The first kappa shape index (κ1) is 18.9. The highest BCUT2D eigenvalue weighted by Crippen LogP contribution is 2.48. The van der Waals surface area contributed by atoms with Crippen LogP contribution in [0.15, 0.2) is 0 Å². The van der Waals surface area contributed by atoms with Crippen molar-refractivity contribution >= 4 is 33.8 Å². The van der Waals surface area contributed by atoms with E-state index in [4.69, 9.17) is 10.7 Å². The zero-order chi connectivity index (χ0) is 19.2. The molecule has 1 aliphatic heterocycles. The van der Waals surface area contributed by atoms with Crippen molar-refractivity contribution in [2.45, 2.75) is 58.9 Å². The predicted octanol–water partition coefficient (Wildman–Crippen LogP) is 4.53. The topological polar surface area (TPSA) is 79.5 Å². The molecular weight excluding hydrogens is 378 g/mol. The van der Waals surface area contributed by atoms with Crippen molar-refractivity contribution in [3.8, 4) is 9.75 Å². The summed E-state index contributed by atoms with van der Waals surface area (Å²) in [5.74, 6) is -0.823. The first-order valence-corrected chi connectivity index (χ1v) is 11.4. The number of piperidine rings is 1. The lowest BCUT2D eigenvalue weighted by atomic mass is 9.76. The highest BCUT2D eigenvalue weighted by molar-refractivity contribution is 7.24. The van der Waals surface area contributed by atoms with Gasteiger partial charge in [-0.15, -0.1) is 11.3 Å². The molecule has 3 heterocycles. The van der Waals surface area contributed by atoms with Crippen LogP contribution in [-0.2, 0) is 19.4 Å². The van der Waals surface area contributed by atoms with E-state index in [2.05, 4.69) is 18.7 Å². The molecule has 146 valence electrons. The van der Waals surface area contributed by atoms with Gasteiger partial charge in [-0.25, -0.2) is 9.78 Å². The first-order chi connectivity index (χ1) is 12.9. The third kappa shape index (κ3) is 3.52. The number of fused-ring (bicyclic) bond motifs is 1. The van der Waals surface area contributed by atoms with Crippen LogP contribution in [0.5, 0.6) is 0 Å². The quantitative estimate of drug-likeness (QED) is 0.781. The van der Waals surface area contributed by atoms with Crippen molar-refractivity contribution < 1.29 is 9.90 Å². The number of carboxylic acids is 1. The number of thiophene rings is 1. The molecule has 5 nitrogen and oxygen atoms in total. The summed E-state index contributed by atoms with van der Waals surface area (Å²) in [6.07, 6.45) is 6.55. The lowest BCUT2D eigenvalue weighted by Crippen LogP contribution is -2.29. The van der Waals surface area contributed by atoms with Gasteiger partial charge in [0.2, 0.25) is 0 Å². The summed E-state index contributed by atoms with van der Waals surface area (Å²) in [5, 5.41) is 11.0. The summed E-state index contributed by atoms with van der Waals surface area (Å²) >= 11 is 3.27. The Hall–Kier alpha value is -1.44. The maximum atomic E-state index is 12.2. The number of hydrogen-bond donors (Lipinski definition) is 2. The first-order valence-electron chi connectivity index (χ1n) is 9.72. The molecule has 2 aromatic heterocycles. The molecule has 0 atom stereocenters. The second-order valence-electron chi connectivity index (χ2n) is 8.38. The van der Waals surface area contributed by atoms with Crippen LogP contribution in [0.3, 0.4) is 0 Å². The number of aromatic nitrogens is 1. The average Bonchev–Trinajstić information content (AvgIpc) is 3.22. The van der Waals surface area contributed by atoms with E-state index in [0.29, 0.717) is 12.1 Å². The van der Waals surface area contributed by atoms with E-state index in [9.17, 15) is 9.90 Å². The molecular formula is C20H27N3O2S2. The van der Waals surface area contributed by atoms with Crippen molar-refractivity contribution in [2.24, 2.45) is 11.1 Å². The van der Waals surface area contributed by atoms with Crippen LogP contribution >= 0.6 is 22.7 Å². The van der Waals surface area contributed by atoms with Crippen molar-refractivity contribution in [3.63, 3.8) is 0 Å². The Morgan fingerprint density at radius 2 is 1.96 bits per heavy atom. The van der Waals surface area contributed by atoms with Crippen LogP contribution in [0, 0.1) is 5.41 Å². The number of aryl methyl sites for hydroxylation is 1. The highest BCUT2D eigenvalue weighted by atomic mass is 32.1. The molecule has 0 amide bonds. The SMILES string of the molecule is CC1(C)CCc2sc(-c3sc(N4CCCCC4)nc3CN)c(C(=O)O)c2C1. The zero-order valence-electron chi connectivity index (χ0n) is 16.0. The largest absolute Gasteiger partial charge is 0.478 e. The number of thiazole rings is 1. The van der Waals surface area contributed by atoms with Gasteiger partial charge in [-0.2, -0.15) is 0 Å². The van der Waals surface area contributed by atoms with Gasteiger partial charge >= 0.3 is 5.97 Å². The van der Waals surface area contributed by atoms with Crippen LogP contribution < -0.4 is 10.6 Å². The van der Waals surface area contributed by atoms with Gasteiger partial charge in [0, 0.05) is 24.5 Å². The van der Waals surface area contributed by atoms with Gasteiger partial charge in [-0.3, -0.25) is 0 Å². The average molecular weight is 406 g/mol. The smallest absolute Gasteiger partial charge is 0.337 e. The van der Waals surface area contributed by atoms with E-state index in [1.54, 1.807) is 22.7 Å². The second kappa shape index (κ2) is 7.18. The minimum atomic E-state index is -0.823. The maximum absolute atomic E-state index is 12.2. The van der Waals surface area contributed by atoms with Gasteiger partial charge in [0.1, 0.15) is 0 Å². The standard InChI is InChI=1S/C20H27N3O2S2/c1-20(2)7-6-14-12(10-20)15(18(24)25)17(26-14)16-13(11-21)22-19(27-16)23-8-4-3-5-9-23/h3-11,21H2,1-2H3,(H,24,25). The predicted molar refractivity (Wildman–Crippen MR) is 112 cm³/mol. The highest BCUT2D eigenvalue weighted by Gasteiger charge is 2.34. The van der Waals surface area contributed by atoms with Crippen LogP contribution in [0.2, 0.25) is 0 Å². The molecule has 0 aromatic carbocycles. The van der Waals surface area contributed by atoms with Crippen molar-refractivity contribution in [1.82, 2.24) is 4.98 Å². The normalized spacial score (nSPS) is 19.1. The number of aromatic carboxylic acids is 1. The van der Waals surface area contributed by atoms with E-state index >= 15 is 0 Å². The Labute approximate surface area is 168 Å². The monoisotopic (exact) mass is 405 g/mol. The van der Waals surface area contributed by atoms with Crippen molar-refractivity contribution in [2.75, 3.05) is 18.0 Å². The maximum Gasteiger partial charge on any atom is 0.337 e. The Morgan fingerprint density at radius 3 is 2.63 bits per heavy atom. The molecule has 7 heteroatoms. The number of nitrogens with zero attached hydrogens (tertiary/aromatic N) is 2. The Balaban J connectivity index is 1.80. The summed E-state index contributed by atoms with van der Waals surface area (Å²) in [5.41, 5.74) is 8.52. The fourth-order valence-corrected chi connectivity index (χ4v) is 6.79. The van der Waals surface area contributed by atoms with Gasteiger partial charge in [0.15, 0.2) is 5.13 Å². The Morgan fingerprint density at radius 1 is 1.22 bits per heavy atom. The third-order valence-corrected chi connectivity index (χ3v) is 8.32. The van der Waals surface area contributed by atoms with Gasteiger partial charge in [-0.05, 0) is 49.5 Å². The van der Waals surface area contributed by atoms with Crippen LogP contribution in [0.1, 0.15) is 66.0 Å². The number of carboxylic acid groups (broad SMARTS) is 1. The number of hydrogen-bond acceptors (Lipinski definition) is 6. The summed E-state index contributed by atoms with van der Waals surface area (Å²) in [6, 6.07) is 0. The molecule has 1 aliphatic carbocycles. The Bertz CT molecular complexity index is 863. The fraction of sp³-hybridized carbons (Fsp3) is 0.600. The van der Waals surface area contributed by atoms with E-state index in [1.165, 1.54) is 24.1 Å². The zero-order valence-corrected chi connectivity index (χ0v) is 17.6. The lowest BCUT2D eigenvalue weighted by Gasteiger charge is -2.29. The van der Waals surface area contributed by atoms with Crippen molar-refractivity contribution in [3.05, 3.63) is 21.7 Å². The van der Waals surface area contributed by atoms with Crippen LogP contribution in [0.4, 0.5) is 5.13 Å². The molecule has 1 saturated heterocycles.